The topological polar surface area (TPSA) is 78.7 Å². The number of fused-ring (bicyclic) bond motifs is 2. The van der Waals surface area contributed by atoms with Crippen molar-refractivity contribution in [2.75, 3.05) is 18.1 Å². The van der Waals surface area contributed by atoms with E-state index in [9.17, 15) is 10.0 Å². The van der Waals surface area contributed by atoms with Crippen molar-refractivity contribution in [3.05, 3.63) is 41.3 Å². The number of rotatable bonds is 3. The van der Waals surface area contributed by atoms with Crippen LogP contribution < -0.4 is 15.1 Å². The fourth-order valence-electron chi connectivity index (χ4n) is 3.97. The SMILES string of the molecule is CC[C@H]1CCc2c(ncnc2N2CCOc3ccc(B(O)O)cc3C2)C1. The van der Waals surface area contributed by atoms with Gasteiger partial charge in [0.05, 0.1) is 6.54 Å². The second-order valence-corrected chi connectivity index (χ2v) is 7.15. The number of nitrogens with zero attached hydrogens (tertiary/aromatic N) is 3. The van der Waals surface area contributed by atoms with Gasteiger partial charge in [-0.3, -0.25) is 0 Å². The van der Waals surface area contributed by atoms with E-state index in [4.69, 9.17) is 4.74 Å². The zero-order chi connectivity index (χ0) is 18.1. The standard InChI is InChI=1S/C19H24BN3O3/c1-2-13-3-5-16-17(9-13)21-12-22-19(16)23-7-8-26-18-6-4-15(20(24)25)10-14(18)11-23/h4,6,10,12-13,24-25H,2-3,5,7-9,11H2,1H3/t13-/m0/s1. The molecule has 0 radical (unpaired) electrons. The zero-order valence-corrected chi connectivity index (χ0v) is 15.1. The first kappa shape index (κ1) is 17.3. The second-order valence-electron chi connectivity index (χ2n) is 7.15. The van der Waals surface area contributed by atoms with Gasteiger partial charge in [-0.1, -0.05) is 25.5 Å². The highest BCUT2D eigenvalue weighted by Crippen LogP contribution is 2.33. The van der Waals surface area contributed by atoms with E-state index in [0.29, 0.717) is 24.5 Å². The van der Waals surface area contributed by atoms with Crippen LogP contribution in [0.15, 0.2) is 24.5 Å². The zero-order valence-electron chi connectivity index (χ0n) is 15.1. The van der Waals surface area contributed by atoms with E-state index in [1.54, 1.807) is 18.5 Å². The molecule has 1 aliphatic heterocycles. The predicted octanol–water partition coefficient (Wildman–Crippen LogP) is 1.07. The molecule has 1 aromatic heterocycles. The minimum atomic E-state index is -1.48. The molecule has 6 nitrogen and oxygen atoms in total. The molecule has 0 spiro atoms. The van der Waals surface area contributed by atoms with Crippen molar-refractivity contribution in [3.8, 4) is 5.75 Å². The van der Waals surface area contributed by atoms with Crippen LogP contribution in [0.3, 0.4) is 0 Å². The van der Waals surface area contributed by atoms with Crippen LogP contribution in [0.5, 0.6) is 5.75 Å². The molecule has 26 heavy (non-hydrogen) atoms. The number of aromatic nitrogens is 2. The van der Waals surface area contributed by atoms with Gasteiger partial charge in [-0.2, -0.15) is 0 Å². The van der Waals surface area contributed by atoms with Crippen molar-refractivity contribution < 1.29 is 14.8 Å². The fraction of sp³-hybridized carbons (Fsp3) is 0.474. The van der Waals surface area contributed by atoms with E-state index in [1.807, 2.05) is 6.07 Å². The molecular weight excluding hydrogens is 329 g/mol. The summed E-state index contributed by atoms with van der Waals surface area (Å²) in [7, 11) is -1.48. The molecular formula is C19H24BN3O3. The number of anilines is 1. The van der Waals surface area contributed by atoms with Crippen molar-refractivity contribution in [2.45, 2.75) is 39.2 Å². The third-order valence-electron chi connectivity index (χ3n) is 5.54. The van der Waals surface area contributed by atoms with E-state index < -0.39 is 7.12 Å². The van der Waals surface area contributed by atoms with Gasteiger partial charge in [-0.25, -0.2) is 9.97 Å². The van der Waals surface area contributed by atoms with Gasteiger partial charge in [-0.15, -0.1) is 0 Å². The van der Waals surface area contributed by atoms with E-state index in [0.717, 1.165) is 36.5 Å². The summed E-state index contributed by atoms with van der Waals surface area (Å²) in [5.41, 5.74) is 3.87. The second kappa shape index (κ2) is 7.25. The quantitative estimate of drug-likeness (QED) is 0.804. The van der Waals surface area contributed by atoms with Crippen LogP contribution in [-0.2, 0) is 19.4 Å². The van der Waals surface area contributed by atoms with E-state index in [2.05, 4.69) is 21.8 Å². The van der Waals surface area contributed by atoms with Crippen LogP contribution in [0.25, 0.3) is 0 Å². The molecule has 136 valence electrons. The largest absolute Gasteiger partial charge is 0.491 e. The number of hydrogen-bond donors (Lipinski definition) is 2. The summed E-state index contributed by atoms with van der Waals surface area (Å²) in [6.45, 7) is 4.20. The Kier molecular flexibility index (Phi) is 4.83. The molecule has 4 rings (SSSR count). The van der Waals surface area contributed by atoms with Crippen molar-refractivity contribution in [3.63, 3.8) is 0 Å². The Morgan fingerprint density at radius 3 is 3.00 bits per heavy atom. The Hall–Kier alpha value is -2.12. The fourth-order valence-corrected chi connectivity index (χ4v) is 3.97. The maximum atomic E-state index is 9.47. The highest BCUT2D eigenvalue weighted by molar-refractivity contribution is 6.58. The molecule has 0 bridgehead atoms. The molecule has 1 atom stereocenters. The lowest BCUT2D eigenvalue weighted by Crippen LogP contribution is -2.31. The summed E-state index contributed by atoms with van der Waals surface area (Å²) in [5, 5.41) is 18.9. The van der Waals surface area contributed by atoms with Crippen molar-refractivity contribution in [1.82, 2.24) is 9.97 Å². The molecule has 0 saturated heterocycles. The summed E-state index contributed by atoms with van der Waals surface area (Å²) in [4.78, 5) is 11.4. The molecule has 0 amide bonds. The Morgan fingerprint density at radius 1 is 1.31 bits per heavy atom. The molecule has 0 unspecified atom stereocenters. The summed E-state index contributed by atoms with van der Waals surface area (Å²) in [6, 6.07) is 5.31. The average molecular weight is 353 g/mol. The van der Waals surface area contributed by atoms with E-state index in [-0.39, 0.29) is 0 Å². The smallest absolute Gasteiger partial charge is 0.488 e. The minimum Gasteiger partial charge on any atom is -0.491 e. The van der Waals surface area contributed by atoms with Crippen LogP contribution in [0, 0.1) is 5.92 Å². The molecule has 0 fully saturated rings. The van der Waals surface area contributed by atoms with Gasteiger partial charge in [0.15, 0.2) is 0 Å². The van der Waals surface area contributed by atoms with Gasteiger partial charge in [0, 0.05) is 23.4 Å². The Balaban J connectivity index is 1.66. The monoisotopic (exact) mass is 353 g/mol. The molecule has 2 aliphatic rings. The van der Waals surface area contributed by atoms with Gasteiger partial charge in [-0.05, 0) is 36.7 Å². The van der Waals surface area contributed by atoms with Crippen molar-refractivity contribution in [2.24, 2.45) is 5.92 Å². The maximum absolute atomic E-state index is 9.47. The van der Waals surface area contributed by atoms with Crippen LogP contribution in [0.2, 0.25) is 0 Å². The molecule has 0 saturated carbocycles. The maximum Gasteiger partial charge on any atom is 0.488 e. The molecule has 2 N–H and O–H groups in total. The van der Waals surface area contributed by atoms with E-state index >= 15 is 0 Å². The summed E-state index contributed by atoms with van der Waals surface area (Å²) in [6.07, 6.45) is 6.10. The van der Waals surface area contributed by atoms with Crippen LogP contribution in [-0.4, -0.2) is 40.3 Å². The van der Waals surface area contributed by atoms with Gasteiger partial charge >= 0.3 is 7.12 Å². The number of benzene rings is 1. The lowest BCUT2D eigenvalue weighted by Gasteiger charge is -2.29. The lowest BCUT2D eigenvalue weighted by molar-refractivity contribution is 0.331. The van der Waals surface area contributed by atoms with Crippen molar-refractivity contribution >= 4 is 18.4 Å². The molecule has 7 heteroatoms. The average Bonchev–Trinajstić information content (AvgIpc) is 2.88. The Bertz CT molecular complexity index is 800. The lowest BCUT2D eigenvalue weighted by atomic mass is 9.79. The van der Waals surface area contributed by atoms with Gasteiger partial charge in [0.25, 0.3) is 0 Å². The highest BCUT2D eigenvalue weighted by atomic mass is 16.5. The van der Waals surface area contributed by atoms with Gasteiger partial charge < -0.3 is 19.7 Å². The van der Waals surface area contributed by atoms with Crippen LogP contribution in [0.4, 0.5) is 5.82 Å². The molecule has 2 heterocycles. The molecule has 1 aromatic carbocycles. The Morgan fingerprint density at radius 2 is 2.19 bits per heavy atom. The van der Waals surface area contributed by atoms with E-state index in [1.165, 1.54) is 24.1 Å². The first-order chi connectivity index (χ1) is 12.7. The van der Waals surface area contributed by atoms with Gasteiger partial charge in [0.1, 0.15) is 24.5 Å². The third-order valence-corrected chi connectivity index (χ3v) is 5.54. The van der Waals surface area contributed by atoms with Crippen LogP contribution in [0.1, 0.15) is 36.6 Å². The molecule has 1 aliphatic carbocycles. The van der Waals surface area contributed by atoms with Crippen LogP contribution >= 0.6 is 0 Å². The number of ether oxygens (including phenoxy) is 1. The molecule has 2 aromatic rings. The summed E-state index contributed by atoms with van der Waals surface area (Å²) >= 11 is 0. The van der Waals surface area contributed by atoms with Gasteiger partial charge in [0.2, 0.25) is 0 Å². The first-order valence-corrected chi connectivity index (χ1v) is 9.35. The number of hydrogen-bond acceptors (Lipinski definition) is 6. The predicted molar refractivity (Wildman–Crippen MR) is 101 cm³/mol. The first-order valence-electron chi connectivity index (χ1n) is 9.35. The Labute approximate surface area is 154 Å². The van der Waals surface area contributed by atoms with Crippen molar-refractivity contribution in [1.29, 1.82) is 0 Å². The summed E-state index contributed by atoms with van der Waals surface area (Å²) in [5.74, 6) is 2.51. The normalized spacial score (nSPS) is 19.2. The highest BCUT2D eigenvalue weighted by Gasteiger charge is 2.26. The minimum absolute atomic E-state index is 0.477. The summed E-state index contributed by atoms with van der Waals surface area (Å²) < 4.78 is 5.87. The third kappa shape index (κ3) is 3.29.